The summed E-state index contributed by atoms with van der Waals surface area (Å²) < 4.78 is 11.5. The molecule has 0 heterocycles. The van der Waals surface area contributed by atoms with Crippen molar-refractivity contribution < 1.29 is 14.0 Å². The fourth-order valence-electron chi connectivity index (χ4n) is 2.47. The first-order chi connectivity index (χ1) is 10.7. The predicted octanol–water partition coefficient (Wildman–Crippen LogP) is 4.74. The zero-order valence-corrected chi connectivity index (χ0v) is 15.8. The highest BCUT2D eigenvalue weighted by Gasteiger charge is 2.29. The molecule has 124 valence electrons. The molecule has 0 fully saturated rings. The summed E-state index contributed by atoms with van der Waals surface area (Å²) in [6.45, 7) is 7.50. The summed E-state index contributed by atoms with van der Waals surface area (Å²) in [5, 5.41) is 0.0977. The topological polar surface area (TPSA) is 35.5 Å². The van der Waals surface area contributed by atoms with Crippen LogP contribution in [0.5, 0.6) is 5.75 Å². The zero-order chi connectivity index (χ0) is 16.3. The molecule has 0 aliphatic heterocycles. The Morgan fingerprint density at radius 3 is 2.41 bits per heavy atom. The Bertz CT molecular complexity index is 421. The molecular weight excluding hydrogens is 312 g/mol. The van der Waals surface area contributed by atoms with Crippen LogP contribution >= 0.6 is 11.8 Å². The van der Waals surface area contributed by atoms with Crippen molar-refractivity contribution in [2.24, 2.45) is 0 Å². The SMILES string of the molecule is CCO[Si](CC)(CC)CCCSC(=O)COc1ccccc1. The lowest BCUT2D eigenvalue weighted by Gasteiger charge is -2.28. The van der Waals surface area contributed by atoms with E-state index in [1.807, 2.05) is 30.3 Å². The minimum absolute atomic E-state index is 0.0977. The molecule has 0 radical (unpaired) electrons. The molecular formula is C17H28O3SSi. The van der Waals surface area contributed by atoms with Crippen molar-refractivity contribution in [1.82, 2.24) is 0 Å². The number of hydrogen-bond acceptors (Lipinski definition) is 4. The average molecular weight is 341 g/mol. The lowest BCUT2D eigenvalue weighted by molar-refractivity contribution is -0.112. The first-order valence-electron chi connectivity index (χ1n) is 8.13. The van der Waals surface area contributed by atoms with Gasteiger partial charge in [0.2, 0.25) is 5.12 Å². The van der Waals surface area contributed by atoms with Gasteiger partial charge >= 0.3 is 0 Å². The standard InChI is InChI=1S/C17H28O3SSi/c1-4-20-22(5-2,6-3)14-10-13-21-17(18)15-19-16-11-8-7-9-12-16/h7-9,11-12H,4-6,10,13-15H2,1-3H3. The Kier molecular flexibility index (Phi) is 9.51. The van der Waals surface area contributed by atoms with E-state index in [0.29, 0.717) is 0 Å². The normalized spacial score (nSPS) is 11.4. The van der Waals surface area contributed by atoms with E-state index in [4.69, 9.17) is 9.16 Å². The summed E-state index contributed by atoms with van der Waals surface area (Å²) >= 11 is 1.38. The lowest BCUT2D eigenvalue weighted by Crippen LogP contribution is -2.36. The highest BCUT2D eigenvalue weighted by Crippen LogP contribution is 2.25. The minimum Gasteiger partial charge on any atom is -0.485 e. The van der Waals surface area contributed by atoms with Gasteiger partial charge in [-0.25, -0.2) is 0 Å². The molecule has 0 unspecified atom stereocenters. The van der Waals surface area contributed by atoms with Crippen LogP contribution in [-0.4, -0.2) is 32.4 Å². The van der Waals surface area contributed by atoms with Gasteiger partial charge < -0.3 is 9.16 Å². The third-order valence-corrected chi connectivity index (χ3v) is 9.55. The molecule has 0 atom stereocenters. The van der Waals surface area contributed by atoms with E-state index in [-0.39, 0.29) is 11.7 Å². The quantitative estimate of drug-likeness (QED) is 0.431. The molecule has 22 heavy (non-hydrogen) atoms. The number of benzene rings is 1. The van der Waals surface area contributed by atoms with E-state index in [1.54, 1.807) is 0 Å². The summed E-state index contributed by atoms with van der Waals surface area (Å²) in [5.41, 5.74) is 0. The van der Waals surface area contributed by atoms with Crippen molar-refractivity contribution in [3.8, 4) is 5.75 Å². The number of ether oxygens (including phenoxy) is 1. The molecule has 1 aromatic rings. The van der Waals surface area contributed by atoms with Crippen LogP contribution in [0.4, 0.5) is 0 Å². The fraction of sp³-hybridized carbons (Fsp3) is 0.588. The molecule has 0 N–H and O–H groups in total. The van der Waals surface area contributed by atoms with E-state index in [1.165, 1.54) is 11.8 Å². The van der Waals surface area contributed by atoms with Crippen molar-refractivity contribution in [2.45, 2.75) is 45.3 Å². The van der Waals surface area contributed by atoms with Crippen LogP contribution in [0.15, 0.2) is 30.3 Å². The van der Waals surface area contributed by atoms with Gasteiger partial charge in [0.1, 0.15) is 5.75 Å². The van der Waals surface area contributed by atoms with Gasteiger partial charge in [-0.3, -0.25) is 4.79 Å². The highest BCUT2D eigenvalue weighted by molar-refractivity contribution is 8.13. The molecule has 0 aromatic heterocycles. The van der Waals surface area contributed by atoms with Crippen LogP contribution in [0.2, 0.25) is 18.1 Å². The Labute approximate surface area is 139 Å². The molecule has 0 spiro atoms. The third kappa shape index (κ3) is 6.98. The van der Waals surface area contributed by atoms with E-state index in [9.17, 15) is 4.79 Å². The summed E-state index contributed by atoms with van der Waals surface area (Å²) in [7, 11) is -1.54. The van der Waals surface area contributed by atoms with Crippen LogP contribution in [0.1, 0.15) is 27.2 Å². The smallest absolute Gasteiger partial charge is 0.226 e. The van der Waals surface area contributed by atoms with E-state index >= 15 is 0 Å². The van der Waals surface area contributed by atoms with E-state index in [2.05, 4.69) is 20.8 Å². The third-order valence-electron chi connectivity index (χ3n) is 3.88. The molecule has 0 saturated heterocycles. The molecule has 0 aliphatic carbocycles. The summed E-state index contributed by atoms with van der Waals surface area (Å²) in [4.78, 5) is 11.8. The Balaban J connectivity index is 2.21. The molecule has 1 rings (SSSR count). The average Bonchev–Trinajstić information content (AvgIpc) is 2.57. The number of hydrogen-bond donors (Lipinski definition) is 0. The molecule has 5 heteroatoms. The van der Waals surface area contributed by atoms with Crippen molar-refractivity contribution in [2.75, 3.05) is 19.0 Å². The number of para-hydroxylation sites is 1. The van der Waals surface area contributed by atoms with E-state index in [0.717, 1.165) is 42.7 Å². The van der Waals surface area contributed by atoms with Gasteiger partial charge in [0.05, 0.1) is 0 Å². The fourth-order valence-corrected chi connectivity index (χ4v) is 6.58. The highest BCUT2D eigenvalue weighted by atomic mass is 32.2. The van der Waals surface area contributed by atoms with Crippen molar-refractivity contribution >= 4 is 25.2 Å². The van der Waals surface area contributed by atoms with Gasteiger partial charge in [0.15, 0.2) is 14.9 Å². The van der Waals surface area contributed by atoms with Crippen LogP contribution < -0.4 is 4.74 Å². The number of carbonyl (C=O) groups is 1. The summed E-state index contributed by atoms with van der Waals surface area (Å²) in [5.74, 6) is 1.61. The summed E-state index contributed by atoms with van der Waals surface area (Å²) in [6.07, 6.45) is 1.05. The largest absolute Gasteiger partial charge is 0.485 e. The van der Waals surface area contributed by atoms with Gasteiger partial charge in [-0.05, 0) is 43.6 Å². The van der Waals surface area contributed by atoms with Crippen LogP contribution in [0, 0.1) is 0 Å². The van der Waals surface area contributed by atoms with Gasteiger partial charge in [-0.1, -0.05) is 43.8 Å². The van der Waals surface area contributed by atoms with Crippen LogP contribution in [0.25, 0.3) is 0 Å². The molecule has 0 amide bonds. The van der Waals surface area contributed by atoms with Crippen molar-refractivity contribution in [3.63, 3.8) is 0 Å². The molecule has 0 saturated carbocycles. The van der Waals surface area contributed by atoms with Gasteiger partial charge in [-0.2, -0.15) is 0 Å². The van der Waals surface area contributed by atoms with Gasteiger partial charge in [0.25, 0.3) is 0 Å². The maximum Gasteiger partial charge on any atom is 0.226 e. The second kappa shape index (κ2) is 10.9. The van der Waals surface area contributed by atoms with Gasteiger partial charge in [0, 0.05) is 12.4 Å². The molecule has 0 bridgehead atoms. The number of rotatable bonds is 11. The molecule has 1 aromatic carbocycles. The molecule has 3 nitrogen and oxygen atoms in total. The maximum absolute atomic E-state index is 11.8. The first-order valence-corrected chi connectivity index (χ1v) is 11.6. The zero-order valence-electron chi connectivity index (χ0n) is 14.0. The second-order valence-electron chi connectivity index (χ2n) is 5.25. The van der Waals surface area contributed by atoms with Crippen LogP contribution in [0.3, 0.4) is 0 Å². The first kappa shape index (κ1) is 19.3. The Hall–Kier alpha value is -0.783. The lowest BCUT2D eigenvalue weighted by atomic mass is 10.3. The Morgan fingerprint density at radius 2 is 1.82 bits per heavy atom. The minimum atomic E-state index is -1.54. The maximum atomic E-state index is 11.8. The van der Waals surface area contributed by atoms with Gasteiger partial charge in [-0.15, -0.1) is 0 Å². The van der Waals surface area contributed by atoms with Crippen LogP contribution in [-0.2, 0) is 9.22 Å². The Morgan fingerprint density at radius 1 is 1.14 bits per heavy atom. The van der Waals surface area contributed by atoms with Crippen molar-refractivity contribution in [3.05, 3.63) is 30.3 Å². The molecule has 0 aliphatic rings. The second-order valence-corrected chi connectivity index (χ2v) is 11.0. The van der Waals surface area contributed by atoms with Crippen molar-refractivity contribution in [1.29, 1.82) is 0 Å². The summed E-state index contributed by atoms with van der Waals surface area (Å²) in [6, 6.07) is 12.9. The predicted molar refractivity (Wildman–Crippen MR) is 97.2 cm³/mol. The van der Waals surface area contributed by atoms with E-state index < -0.39 is 8.32 Å². The number of carbonyl (C=O) groups excluding carboxylic acids is 1. The monoisotopic (exact) mass is 340 g/mol. The number of thioether (sulfide) groups is 1.